The lowest BCUT2D eigenvalue weighted by Gasteiger charge is -2.17. The maximum Gasteiger partial charge on any atom is 0.271 e. The molecule has 178 valence electrons. The molecule has 10 heteroatoms. The summed E-state index contributed by atoms with van der Waals surface area (Å²) in [5.74, 6) is -1.14. The molecule has 8 nitrogen and oxygen atoms in total. The molecule has 0 unspecified atom stereocenters. The minimum atomic E-state index is -3.80. The van der Waals surface area contributed by atoms with Crippen LogP contribution in [0.25, 0.3) is 5.69 Å². The summed E-state index contributed by atoms with van der Waals surface area (Å²) >= 11 is 6.15. The molecular weight excluding hydrogens is 476 g/mol. The molecule has 0 spiro atoms. The first-order chi connectivity index (χ1) is 16.2. The van der Waals surface area contributed by atoms with Gasteiger partial charge < -0.3 is 4.57 Å². The number of hydrogen-bond donors (Lipinski definition) is 2. The molecule has 3 aromatic rings. The van der Waals surface area contributed by atoms with Crippen LogP contribution in [0.1, 0.15) is 44.9 Å². The third-order valence-corrected chi connectivity index (χ3v) is 8.24. The Bertz CT molecular complexity index is 1350. The van der Waals surface area contributed by atoms with Gasteiger partial charge in [-0.15, -0.1) is 0 Å². The highest BCUT2D eigenvalue weighted by Gasteiger charge is 2.30. The summed E-state index contributed by atoms with van der Waals surface area (Å²) in [7, 11) is -3.80. The summed E-state index contributed by atoms with van der Waals surface area (Å²) in [6.07, 6.45) is 1.57. The lowest BCUT2D eigenvalue weighted by molar-refractivity contribution is 0.0846. The lowest BCUT2D eigenvalue weighted by Crippen LogP contribution is -2.41. The molecule has 0 saturated carbocycles. The van der Waals surface area contributed by atoms with E-state index in [9.17, 15) is 18.0 Å². The van der Waals surface area contributed by atoms with E-state index in [4.69, 9.17) is 11.6 Å². The van der Waals surface area contributed by atoms with E-state index in [1.165, 1.54) is 22.5 Å². The van der Waals surface area contributed by atoms with Crippen molar-refractivity contribution < 1.29 is 18.0 Å². The van der Waals surface area contributed by atoms with Gasteiger partial charge in [-0.25, -0.2) is 8.42 Å². The Morgan fingerprint density at radius 1 is 0.912 bits per heavy atom. The zero-order valence-electron chi connectivity index (χ0n) is 18.8. The Balaban J connectivity index is 1.50. The van der Waals surface area contributed by atoms with Crippen LogP contribution in [0.2, 0.25) is 5.02 Å². The van der Waals surface area contributed by atoms with Crippen molar-refractivity contribution in [1.82, 2.24) is 19.7 Å². The quantitative estimate of drug-likeness (QED) is 0.522. The SMILES string of the molecule is Cc1cc(C(=O)NNC(=O)c2ccc(Cl)c(S(=O)(=O)N3CCCC3)c2)c(C)n1-c1ccccc1. The number of para-hydroxylation sites is 1. The Kier molecular flexibility index (Phi) is 6.79. The molecule has 1 aliphatic rings. The molecule has 2 amide bonds. The number of aromatic nitrogens is 1. The Morgan fingerprint density at radius 3 is 2.24 bits per heavy atom. The topological polar surface area (TPSA) is 101 Å². The number of hydrazine groups is 1. The highest BCUT2D eigenvalue weighted by Crippen LogP contribution is 2.28. The second-order valence-electron chi connectivity index (χ2n) is 8.12. The number of sulfonamides is 1. The summed E-state index contributed by atoms with van der Waals surface area (Å²) in [5.41, 5.74) is 7.77. The number of benzene rings is 2. The maximum atomic E-state index is 12.9. The summed E-state index contributed by atoms with van der Waals surface area (Å²) < 4.78 is 29.1. The average molecular weight is 501 g/mol. The van der Waals surface area contributed by atoms with Crippen LogP contribution in [0.4, 0.5) is 0 Å². The van der Waals surface area contributed by atoms with Crippen molar-refractivity contribution in [2.45, 2.75) is 31.6 Å². The van der Waals surface area contributed by atoms with E-state index >= 15 is 0 Å². The Hall–Kier alpha value is -3.14. The highest BCUT2D eigenvalue weighted by atomic mass is 35.5. The molecule has 2 heterocycles. The van der Waals surface area contributed by atoms with Crippen LogP contribution in [0.15, 0.2) is 59.5 Å². The van der Waals surface area contributed by atoms with Gasteiger partial charge in [-0.2, -0.15) is 4.31 Å². The van der Waals surface area contributed by atoms with E-state index in [2.05, 4.69) is 10.9 Å². The monoisotopic (exact) mass is 500 g/mol. The molecule has 0 bridgehead atoms. The van der Waals surface area contributed by atoms with Crippen LogP contribution >= 0.6 is 11.6 Å². The predicted octanol–water partition coefficient (Wildman–Crippen LogP) is 3.61. The van der Waals surface area contributed by atoms with Gasteiger partial charge in [0.25, 0.3) is 11.8 Å². The zero-order chi connectivity index (χ0) is 24.5. The molecule has 34 heavy (non-hydrogen) atoms. The van der Waals surface area contributed by atoms with Crippen LogP contribution in [-0.2, 0) is 10.0 Å². The number of carbonyl (C=O) groups excluding carboxylic acids is 2. The van der Waals surface area contributed by atoms with Gasteiger partial charge in [-0.1, -0.05) is 29.8 Å². The van der Waals surface area contributed by atoms with Gasteiger partial charge in [0.05, 0.1) is 10.6 Å². The fraction of sp³-hybridized carbons (Fsp3) is 0.250. The molecule has 1 saturated heterocycles. The molecule has 1 fully saturated rings. The first-order valence-electron chi connectivity index (χ1n) is 10.8. The minimum Gasteiger partial charge on any atom is -0.318 e. The molecule has 0 atom stereocenters. The van der Waals surface area contributed by atoms with Crippen LogP contribution in [-0.4, -0.2) is 42.2 Å². The number of nitrogens with zero attached hydrogens (tertiary/aromatic N) is 2. The first kappa shape index (κ1) is 24.0. The van der Waals surface area contributed by atoms with Gasteiger partial charge in [0.2, 0.25) is 10.0 Å². The largest absolute Gasteiger partial charge is 0.318 e. The van der Waals surface area contributed by atoms with Gasteiger partial charge in [-0.05, 0) is 63.1 Å². The maximum absolute atomic E-state index is 12.9. The van der Waals surface area contributed by atoms with E-state index in [0.717, 1.165) is 29.9 Å². The van der Waals surface area contributed by atoms with Gasteiger partial charge in [0, 0.05) is 35.7 Å². The van der Waals surface area contributed by atoms with E-state index in [1.807, 2.05) is 48.7 Å². The fourth-order valence-corrected chi connectivity index (χ4v) is 6.15. The second-order valence-corrected chi connectivity index (χ2v) is 10.4. The van der Waals surface area contributed by atoms with E-state index in [1.54, 1.807) is 6.07 Å². The number of aryl methyl sites for hydroxylation is 1. The number of carbonyl (C=O) groups is 2. The van der Waals surface area contributed by atoms with Crippen LogP contribution in [0.5, 0.6) is 0 Å². The number of rotatable bonds is 5. The van der Waals surface area contributed by atoms with Gasteiger partial charge in [0.15, 0.2) is 0 Å². The summed E-state index contributed by atoms with van der Waals surface area (Å²) in [6, 6.07) is 15.4. The number of nitrogens with one attached hydrogen (secondary N) is 2. The normalized spacial score (nSPS) is 14.2. The second kappa shape index (κ2) is 9.61. The number of hydrogen-bond acceptors (Lipinski definition) is 4. The van der Waals surface area contributed by atoms with E-state index < -0.39 is 21.8 Å². The number of amides is 2. The average Bonchev–Trinajstić information content (AvgIpc) is 3.47. The molecule has 0 radical (unpaired) electrons. The smallest absolute Gasteiger partial charge is 0.271 e. The Labute approximate surface area is 203 Å². The molecule has 0 aliphatic carbocycles. The predicted molar refractivity (Wildman–Crippen MR) is 130 cm³/mol. The van der Waals surface area contributed by atoms with Crippen LogP contribution in [0.3, 0.4) is 0 Å². The van der Waals surface area contributed by atoms with Crippen molar-refractivity contribution in [3.63, 3.8) is 0 Å². The van der Waals surface area contributed by atoms with Crippen molar-refractivity contribution in [2.75, 3.05) is 13.1 Å². The van der Waals surface area contributed by atoms with Crippen molar-refractivity contribution in [1.29, 1.82) is 0 Å². The lowest BCUT2D eigenvalue weighted by atomic mass is 10.2. The van der Waals surface area contributed by atoms with Crippen molar-refractivity contribution in [3.05, 3.63) is 82.1 Å². The molecule has 4 rings (SSSR count). The summed E-state index contributed by atoms with van der Waals surface area (Å²) in [5, 5.41) is 0.0424. The molecular formula is C24H25ClN4O4S. The third kappa shape index (κ3) is 4.59. The van der Waals surface area contributed by atoms with Gasteiger partial charge in [-0.3, -0.25) is 20.4 Å². The highest BCUT2D eigenvalue weighted by molar-refractivity contribution is 7.89. The summed E-state index contributed by atoms with van der Waals surface area (Å²) in [4.78, 5) is 25.4. The standard InChI is InChI=1S/C24H25ClN4O4S/c1-16-14-20(17(2)29(16)19-8-4-3-5-9-19)24(31)27-26-23(30)18-10-11-21(25)22(15-18)34(32,33)28-12-6-7-13-28/h3-5,8-11,14-15H,6-7,12-13H2,1-2H3,(H,26,30)(H,27,31). The van der Waals surface area contributed by atoms with Gasteiger partial charge in [0.1, 0.15) is 4.90 Å². The van der Waals surface area contributed by atoms with Crippen molar-refractivity contribution >= 4 is 33.4 Å². The zero-order valence-corrected chi connectivity index (χ0v) is 20.4. The van der Waals surface area contributed by atoms with Crippen molar-refractivity contribution in [2.24, 2.45) is 0 Å². The van der Waals surface area contributed by atoms with E-state index in [-0.39, 0.29) is 15.5 Å². The van der Waals surface area contributed by atoms with Crippen molar-refractivity contribution in [3.8, 4) is 5.69 Å². The third-order valence-electron chi connectivity index (χ3n) is 5.86. The van der Waals surface area contributed by atoms with Gasteiger partial charge >= 0.3 is 0 Å². The fourth-order valence-electron chi connectivity index (χ4n) is 4.13. The Morgan fingerprint density at radius 2 is 1.56 bits per heavy atom. The first-order valence-corrected chi connectivity index (χ1v) is 12.7. The molecule has 2 N–H and O–H groups in total. The number of halogens is 1. The molecule has 1 aromatic heterocycles. The van der Waals surface area contributed by atoms with E-state index in [0.29, 0.717) is 18.7 Å². The van der Waals surface area contributed by atoms with Crippen LogP contribution in [0, 0.1) is 13.8 Å². The van der Waals surface area contributed by atoms with Crippen LogP contribution < -0.4 is 10.9 Å². The molecule has 2 aromatic carbocycles. The minimum absolute atomic E-state index is 0.0424. The molecule has 1 aliphatic heterocycles. The summed E-state index contributed by atoms with van der Waals surface area (Å²) in [6.45, 7) is 4.57.